The molecule has 376 valence electrons. The lowest BCUT2D eigenvalue weighted by molar-refractivity contribution is 0.0969. The maximum atomic E-state index is 12.7. The molecule has 2 fully saturated rings. The molecule has 0 saturated carbocycles. The molecular formula is C60H67ClN10O2. The van der Waals surface area contributed by atoms with Crippen molar-refractivity contribution < 1.29 is 9.59 Å². The molecule has 2 saturated heterocycles. The highest BCUT2D eigenvalue weighted by atomic mass is 35.5. The van der Waals surface area contributed by atoms with Gasteiger partial charge >= 0.3 is 0 Å². The molecule has 0 amide bonds. The summed E-state index contributed by atoms with van der Waals surface area (Å²) in [4.78, 5) is 56.2. The van der Waals surface area contributed by atoms with Gasteiger partial charge in [0.2, 0.25) is 0 Å². The zero-order valence-corrected chi connectivity index (χ0v) is 42.6. The molecule has 6 aromatic heterocycles. The lowest BCUT2D eigenvalue weighted by Gasteiger charge is -2.26. The number of hydrogen-bond acceptors (Lipinski definition) is 12. The van der Waals surface area contributed by atoms with Crippen LogP contribution in [0.4, 0.5) is 5.69 Å². The summed E-state index contributed by atoms with van der Waals surface area (Å²) in [5.41, 5.74) is 15.4. The van der Waals surface area contributed by atoms with Crippen molar-refractivity contribution in [3.8, 4) is 22.5 Å². The lowest BCUT2D eigenvalue weighted by Crippen LogP contribution is -2.30. The van der Waals surface area contributed by atoms with Gasteiger partial charge in [-0.05, 0) is 150 Å². The molecule has 2 aliphatic rings. The van der Waals surface area contributed by atoms with Crippen LogP contribution < -0.4 is 11.1 Å². The molecule has 8 aromatic rings. The van der Waals surface area contributed by atoms with E-state index in [2.05, 4.69) is 46.1 Å². The van der Waals surface area contributed by atoms with Gasteiger partial charge in [0.25, 0.3) is 0 Å². The number of halogens is 1. The van der Waals surface area contributed by atoms with E-state index in [0.29, 0.717) is 31.0 Å². The average Bonchev–Trinajstić information content (AvgIpc) is 3.46. The van der Waals surface area contributed by atoms with Crippen molar-refractivity contribution in [1.29, 1.82) is 0 Å². The Kier molecular flexibility index (Phi) is 20.0. The molecule has 0 aliphatic carbocycles. The largest absolute Gasteiger partial charge is 0.380 e. The van der Waals surface area contributed by atoms with E-state index in [0.717, 1.165) is 111 Å². The summed E-state index contributed by atoms with van der Waals surface area (Å²) < 4.78 is 0. The second-order valence-corrected chi connectivity index (χ2v) is 19.2. The van der Waals surface area contributed by atoms with Gasteiger partial charge in [-0.15, -0.1) is 0 Å². The predicted molar refractivity (Wildman–Crippen MR) is 296 cm³/mol. The number of hydrogen-bond donors (Lipinski definition) is 2. The van der Waals surface area contributed by atoms with Crippen LogP contribution in [-0.4, -0.2) is 90.5 Å². The fourth-order valence-electron chi connectivity index (χ4n) is 9.31. The van der Waals surface area contributed by atoms with Gasteiger partial charge in [-0.2, -0.15) is 0 Å². The molecule has 3 N–H and O–H groups in total. The maximum absolute atomic E-state index is 12.7. The number of rotatable bonds is 18. The number of carbonyl (C=O) groups excluding carboxylic acids is 2. The average molecular weight is 996 g/mol. The van der Waals surface area contributed by atoms with Crippen molar-refractivity contribution in [2.45, 2.75) is 90.1 Å². The van der Waals surface area contributed by atoms with Crippen molar-refractivity contribution in [3.05, 3.63) is 174 Å². The minimum Gasteiger partial charge on any atom is -0.380 e. The molecule has 0 spiro atoms. The Hall–Kier alpha value is -6.83. The Morgan fingerprint density at radius 2 is 0.973 bits per heavy atom. The minimum atomic E-state index is 0.214. The molecule has 13 heteroatoms. The first-order valence-electron chi connectivity index (χ1n) is 26.0. The number of anilines is 1. The number of ketones is 2. The van der Waals surface area contributed by atoms with E-state index in [1.54, 1.807) is 43.4 Å². The second kappa shape index (κ2) is 27.8. The fourth-order valence-corrected chi connectivity index (χ4v) is 9.56. The third-order valence-electron chi connectivity index (χ3n) is 13.5. The second-order valence-electron chi connectivity index (χ2n) is 18.8. The number of unbranched alkanes of at least 4 members (excludes halogenated alkanes) is 2. The predicted octanol–water partition coefficient (Wildman–Crippen LogP) is 12.5. The Morgan fingerprint density at radius 3 is 1.47 bits per heavy atom. The van der Waals surface area contributed by atoms with Crippen LogP contribution in [-0.2, 0) is 13.1 Å². The van der Waals surface area contributed by atoms with E-state index in [1.165, 1.54) is 64.7 Å². The first-order chi connectivity index (χ1) is 35.9. The number of piperidine rings is 2. The van der Waals surface area contributed by atoms with E-state index in [4.69, 9.17) is 22.3 Å². The molecule has 2 aliphatic heterocycles. The highest BCUT2D eigenvalue weighted by molar-refractivity contribution is 6.35. The number of fused-ring (bicyclic) bond motifs is 2. The summed E-state index contributed by atoms with van der Waals surface area (Å²) in [6.07, 6.45) is 27.4. The van der Waals surface area contributed by atoms with Gasteiger partial charge in [0, 0.05) is 114 Å². The Bertz CT molecular complexity index is 2970. The van der Waals surface area contributed by atoms with Crippen molar-refractivity contribution in [1.82, 2.24) is 39.7 Å². The number of benzene rings is 2. The fraction of sp³-hybridized carbons (Fsp3) is 0.333. The Labute approximate surface area is 434 Å². The quantitative estimate of drug-likeness (QED) is 0.0621. The number of aromatic nitrogens is 6. The molecule has 10 rings (SSSR count). The number of carbonyl (C=O) groups is 2. The third-order valence-corrected chi connectivity index (χ3v) is 13.9. The van der Waals surface area contributed by atoms with Gasteiger partial charge in [-0.25, -0.2) is 9.97 Å². The zero-order chi connectivity index (χ0) is 50.5. The van der Waals surface area contributed by atoms with Crippen LogP contribution in [0.5, 0.6) is 0 Å². The summed E-state index contributed by atoms with van der Waals surface area (Å²) in [7, 11) is 0. The van der Waals surface area contributed by atoms with Crippen molar-refractivity contribution in [3.63, 3.8) is 0 Å². The van der Waals surface area contributed by atoms with Crippen LogP contribution in [0, 0.1) is 0 Å². The lowest BCUT2D eigenvalue weighted by atomic mass is 10.0. The summed E-state index contributed by atoms with van der Waals surface area (Å²) in [6.45, 7) is 8.40. The highest BCUT2D eigenvalue weighted by Gasteiger charge is 2.14. The molecule has 0 radical (unpaired) electrons. The number of Topliss-reactive ketones (excluding diaryl/α,β-unsaturated/α-hetero) is 2. The van der Waals surface area contributed by atoms with Crippen LogP contribution in [0.2, 0.25) is 5.02 Å². The van der Waals surface area contributed by atoms with Crippen molar-refractivity contribution >= 4 is 50.7 Å². The van der Waals surface area contributed by atoms with Gasteiger partial charge in [0.05, 0.1) is 27.4 Å². The van der Waals surface area contributed by atoms with Crippen LogP contribution in [0.15, 0.2) is 147 Å². The number of pyridine rings is 6. The van der Waals surface area contributed by atoms with Crippen LogP contribution >= 0.6 is 11.6 Å². The standard InChI is InChI=1S/C30H33N5O.C24H26ClN3O.C6H8N2/c36-30(6-2-5-19-35-17-3-1-4-18-35)25-9-7-24(8-10-25)28-20-29(26-22-32-16-13-27(26)34-28)33-21-23-11-14-31-15-12-23;25-21-16-23(27-22-11-12-26-17-20(21)22)18-7-9-19(10-8-18)24(29)6-2-5-15-28-13-3-1-4-14-28;7-5-6-1-3-8-4-2-6/h7-16,20,22H,1-6,17-19,21H2,(H,33,34);7-12,16-17H,1-6,13-15H2;1-4H,5,7H2. The number of nitrogens with zero attached hydrogens (tertiary/aromatic N) is 8. The van der Waals surface area contributed by atoms with Gasteiger partial charge in [0.1, 0.15) is 0 Å². The smallest absolute Gasteiger partial charge is 0.162 e. The van der Waals surface area contributed by atoms with Crippen LogP contribution in [0.25, 0.3) is 44.3 Å². The van der Waals surface area contributed by atoms with Crippen molar-refractivity contribution in [2.24, 2.45) is 5.73 Å². The first kappa shape index (κ1) is 52.5. The van der Waals surface area contributed by atoms with E-state index >= 15 is 0 Å². The molecule has 0 unspecified atom stereocenters. The van der Waals surface area contributed by atoms with E-state index in [-0.39, 0.29) is 11.6 Å². The topological polar surface area (TPSA) is 156 Å². The van der Waals surface area contributed by atoms with E-state index in [1.807, 2.05) is 97.2 Å². The molecule has 0 atom stereocenters. The maximum Gasteiger partial charge on any atom is 0.162 e. The summed E-state index contributed by atoms with van der Waals surface area (Å²) >= 11 is 6.38. The number of nitrogens with two attached hydrogens (primary N) is 1. The summed E-state index contributed by atoms with van der Waals surface area (Å²) in [6, 6.07) is 31.1. The van der Waals surface area contributed by atoms with Crippen molar-refractivity contribution in [2.75, 3.05) is 44.6 Å². The molecule has 8 heterocycles. The number of likely N-dealkylation sites (tertiary alicyclic amines) is 2. The monoisotopic (exact) mass is 995 g/mol. The molecule has 2 aromatic carbocycles. The van der Waals surface area contributed by atoms with Crippen LogP contribution in [0.3, 0.4) is 0 Å². The summed E-state index contributed by atoms with van der Waals surface area (Å²) in [5.74, 6) is 0.434. The number of nitrogens with one attached hydrogen (secondary N) is 1. The van der Waals surface area contributed by atoms with E-state index in [9.17, 15) is 9.59 Å². The van der Waals surface area contributed by atoms with Gasteiger partial charge in [0.15, 0.2) is 11.6 Å². The molecular weight excluding hydrogens is 928 g/mol. The first-order valence-corrected chi connectivity index (χ1v) is 26.4. The van der Waals surface area contributed by atoms with Gasteiger partial charge in [-0.1, -0.05) is 73.0 Å². The van der Waals surface area contributed by atoms with E-state index < -0.39 is 0 Å². The third kappa shape index (κ3) is 15.8. The normalized spacial score (nSPS) is 13.9. The Balaban J connectivity index is 0.000000172. The van der Waals surface area contributed by atoms with Crippen LogP contribution in [0.1, 0.15) is 109 Å². The minimum absolute atomic E-state index is 0.214. The molecule has 0 bridgehead atoms. The van der Waals surface area contributed by atoms with Gasteiger partial charge < -0.3 is 20.9 Å². The molecule has 73 heavy (non-hydrogen) atoms. The zero-order valence-electron chi connectivity index (χ0n) is 41.8. The molecule has 12 nitrogen and oxygen atoms in total. The highest BCUT2D eigenvalue weighted by Crippen LogP contribution is 2.30. The Morgan fingerprint density at radius 1 is 0.521 bits per heavy atom. The SMILES string of the molecule is NCc1ccncc1.O=C(CCCCN1CCCCC1)c1ccc(-c2cc(Cl)c3cnccc3n2)cc1.O=C(CCCCN1CCCCC1)c1ccc(-c2cc(NCc3ccncc3)c3cnccc3n2)cc1. The van der Waals surface area contributed by atoms with Gasteiger partial charge in [-0.3, -0.25) is 29.5 Å². The summed E-state index contributed by atoms with van der Waals surface area (Å²) in [5, 5.41) is 5.98.